The van der Waals surface area contributed by atoms with Gasteiger partial charge in [0.25, 0.3) is 0 Å². The number of hydrogen-bond donors (Lipinski definition) is 1. The zero-order valence-electron chi connectivity index (χ0n) is 9.29. The Morgan fingerprint density at radius 2 is 1.59 bits per heavy atom. The Labute approximate surface area is 102 Å². The van der Waals surface area contributed by atoms with E-state index in [1.165, 1.54) is 7.11 Å². The van der Waals surface area contributed by atoms with Gasteiger partial charge in [0.05, 0.1) is 12.0 Å². The van der Waals surface area contributed by atoms with Gasteiger partial charge in [0.15, 0.2) is 11.1 Å². The Morgan fingerprint density at radius 3 is 2.24 bits per heavy atom. The van der Waals surface area contributed by atoms with Gasteiger partial charge in [0.1, 0.15) is 5.75 Å². The molecule has 0 aliphatic rings. The minimum Gasteiger partial charge on any atom is -0.507 e. The zero-order chi connectivity index (χ0) is 12.3. The second-order valence-corrected chi connectivity index (χ2v) is 4.66. The van der Waals surface area contributed by atoms with E-state index < -0.39 is 11.1 Å². The van der Waals surface area contributed by atoms with Gasteiger partial charge >= 0.3 is 0 Å². The van der Waals surface area contributed by atoms with Crippen LogP contribution in [-0.4, -0.2) is 16.4 Å². The summed E-state index contributed by atoms with van der Waals surface area (Å²) in [6.45, 7) is 0. The highest BCUT2D eigenvalue weighted by molar-refractivity contribution is 7.80. The standard InChI is InChI=1S/C13H12O3S/c1-16-17(15)13-9-5-3-7-11(13)10-6-2-4-8-12(10)14/h2-9,14H,1H3. The predicted octanol–water partition coefficient (Wildman–Crippen LogP) is 2.73. The summed E-state index contributed by atoms with van der Waals surface area (Å²) in [5.41, 5.74) is 1.36. The van der Waals surface area contributed by atoms with Crippen molar-refractivity contribution in [3.63, 3.8) is 0 Å². The molecule has 0 bridgehead atoms. The van der Waals surface area contributed by atoms with Crippen molar-refractivity contribution < 1.29 is 13.5 Å². The number of para-hydroxylation sites is 1. The van der Waals surface area contributed by atoms with Crippen molar-refractivity contribution in [2.45, 2.75) is 4.90 Å². The minimum absolute atomic E-state index is 0.160. The molecule has 0 saturated carbocycles. The van der Waals surface area contributed by atoms with Crippen LogP contribution in [0, 0.1) is 0 Å². The molecule has 0 aliphatic carbocycles. The van der Waals surface area contributed by atoms with E-state index in [0.29, 0.717) is 16.0 Å². The lowest BCUT2D eigenvalue weighted by Gasteiger charge is -2.09. The third-order valence-electron chi connectivity index (χ3n) is 2.41. The van der Waals surface area contributed by atoms with Crippen LogP contribution >= 0.6 is 0 Å². The minimum atomic E-state index is -1.52. The Balaban J connectivity index is 2.60. The lowest BCUT2D eigenvalue weighted by molar-refractivity contribution is 0.446. The summed E-state index contributed by atoms with van der Waals surface area (Å²) < 4.78 is 16.6. The molecule has 0 fully saturated rings. The molecule has 2 aromatic rings. The first-order valence-electron chi connectivity index (χ1n) is 5.07. The highest BCUT2D eigenvalue weighted by atomic mass is 32.2. The van der Waals surface area contributed by atoms with Crippen molar-refractivity contribution in [1.82, 2.24) is 0 Å². The van der Waals surface area contributed by atoms with Gasteiger partial charge in [-0.1, -0.05) is 36.4 Å². The van der Waals surface area contributed by atoms with Gasteiger partial charge in [-0.05, 0) is 12.1 Å². The van der Waals surface area contributed by atoms with E-state index in [1.54, 1.807) is 36.4 Å². The molecule has 0 saturated heterocycles. The van der Waals surface area contributed by atoms with Gasteiger partial charge in [0, 0.05) is 11.1 Å². The SMILES string of the molecule is COS(=O)c1ccccc1-c1ccccc1O. The molecule has 2 rings (SSSR count). The monoisotopic (exact) mass is 248 g/mol. The summed E-state index contributed by atoms with van der Waals surface area (Å²) in [6.07, 6.45) is 0. The lowest BCUT2D eigenvalue weighted by Crippen LogP contribution is -1.96. The molecule has 1 N–H and O–H groups in total. The molecule has 17 heavy (non-hydrogen) atoms. The Kier molecular flexibility index (Phi) is 3.56. The first-order valence-corrected chi connectivity index (χ1v) is 6.15. The van der Waals surface area contributed by atoms with Crippen LogP contribution in [0.4, 0.5) is 0 Å². The molecule has 0 heterocycles. The van der Waals surface area contributed by atoms with Gasteiger partial charge < -0.3 is 5.11 Å². The van der Waals surface area contributed by atoms with Crippen LogP contribution < -0.4 is 0 Å². The summed E-state index contributed by atoms with van der Waals surface area (Å²) in [7, 11) is 1.39. The topological polar surface area (TPSA) is 46.5 Å². The van der Waals surface area contributed by atoms with E-state index in [1.807, 2.05) is 12.1 Å². The van der Waals surface area contributed by atoms with Crippen molar-refractivity contribution in [2.24, 2.45) is 0 Å². The van der Waals surface area contributed by atoms with Gasteiger partial charge in [-0.2, -0.15) is 0 Å². The van der Waals surface area contributed by atoms with E-state index >= 15 is 0 Å². The number of rotatable bonds is 3. The fourth-order valence-corrected chi connectivity index (χ4v) is 2.35. The molecular weight excluding hydrogens is 236 g/mol. The summed E-state index contributed by atoms with van der Waals surface area (Å²) in [6, 6.07) is 14.1. The number of phenolic OH excluding ortho intramolecular Hbond substituents is 1. The second kappa shape index (κ2) is 5.12. The molecule has 3 nitrogen and oxygen atoms in total. The maximum atomic E-state index is 11.7. The molecule has 0 aliphatic heterocycles. The molecule has 0 amide bonds. The molecule has 1 atom stereocenters. The van der Waals surface area contributed by atoms with E-state index in [0.717, 1.165) is 0 Å². The Hall–Kier alpha value is -1.65. The summed E-state index contributed by atoms with van der Waals surface area (Å²) in [4.78, 5) is 0.552. The maximum Gasteiger partial charge on any atom is 0.189 e. The fourth-order valence-electron chi connectivity index (χ4n) is 1.63. The van der Waals surface area contributed by atoms with Gasteiger partial charge in [-0.3, -0.25) is 4.18 Å². The molecule has 0 spiro atoms. The summed E-state index contributed by atoms with van der Waals surface area (Å²) in [5, 5.41) is 9.80. The van der Waals surface area contributed by atoms with E-state index in [9.17, 15) is 9.32 Å². The van der Waals surface area contributed by atoms with Crippen LogP contribution in [0.1, 0.15) is 0 Å². The van der Waals surface area contributed by atoms with Crippen molar-refractivity contribution in [1.29, 1.82) is 0 Å². The van der Waals surface area contributed by atoms with Gasteiger partial charge in [-0.25, -0.2) is 4.21 Å². The van der Waals surface area contributed by atoms with Crippen molar-refractivity contribution in [2.75, 3.05) is 7.11 Å². The van der Waals surface area contributed by atoms with E-state index in [4.69, 9.17) is 4.18 Å². The molecule has 2 aromatic carbocycles. The number of phenols is 1. The lowest BCUT2D eigenvalue weighted by atomic mass is 10.0. The molecule has 0 radical (unpaired) electrons. The predicted molar refractivity (Wildman–Crippen MR) is 67.0 cm³/mol. The van der Waals surface area contributed by atoms with Gasteiger partial charge in [0.2, 0.25) is 0 Å². The van der Waals surface area contributed by atoms with Crippen molar-refractivity contribution >= 4 is 11.1 Å². The molecule has 88 valence electrons. The van der Waals surface area contributed by atoms with Crippen molar-refractivity contribution in [3.8, 4) is 16.9 Å². The van der Waals surface area contributed by atoms with Crippen LogP contribution in [-0.2, 0) is 15.3 Å². The average molecular weight is 248 g/mol. The highest BCUT2D eigenvalue weighted by Gasteiger charge is 2.12. The average Bonchev–Trinajstić information content (AvgIpc) is 2.38. The van der Waals surface area contributed by atoms with Crippen molar-refractivity contribution in [3.05, 3.63) is 48.5 Å². The first-order chi connectivity index (χ1) is 8.24. The normalized spacial score (nSPS) is 12.3. The molecule has 4 heteroatoms. The quantitative estimate of drug-likeness (QED) is 0.908. The molecular formula is C13H12O3S. The number of benzene rings is 2. The number of aromatic hydroxyl groups is 1. The number of hydrogen-bond acceptors (Lipinski definition) is 3. The third kappa shape index (κ3) is 2.38. The molecule has 0 aromatic heterocycles. The fraction of sp³-hybridized carbons (Fsp3) is 0.0769. The highest BCUT2D eigenvalue weighted by Crippen LogP contribution is 2.32. The maximum absolute atomic E-state index is 11.7. The van der Waals surface area contributed by atoms with E-state index in [2.05, 4.69) is 0 Å². The third-order valence-corrected chi connectivity index (χ3v) is 3.43. The summed E-state index contributed by atoms with van der Waals surface area (Å²) >= 11 is -1.52. The van der Waals surface area contributed by atoms with Gasteiger partial charge in [-0.15, -0.1) is 0 Å². The van der Waals surface area contributed by atoms with Crippen LogP contribution in [0.2, 0.25) is 0 Å². The van der Waals surface area contributed by atoms with Crippen LogP contribution in [0.15, 0.2) is 53.4 Å². The largest absolute Gasteiger partial charge is 0.507 e. The van der Waals surface area contributed by atoms with Crippen LogP contribution in [0.5, 0.6) is 5.75 Å². The van der Waals surface area contributed by atoms with Crippen LogP contribution in [0.3, 0.4) is 0 Å². The zero-order valence-corrected chi connectivity index (χ0v) is 10.1. The summed E-state index contributed by atoms with van der Waals surface area (Å²) in [5.74, 6) is 0.160. The Morgan fingerprint density at radius 1 is 1.00 bits per heavy atom. The Bertz CT molecular complexity index is 552. The van der Waals surface area contributed by atoms with E-state index in [-0.39, 0.29) is 5.75 Å². The smallest absolute Gasteiger partial charge is 0.189 e. The first kappa shape index (κ1) is 11.8. The molecule has 1 unspecified atom stereocenters. The second-order valence-electron chi connectivity index (χ2n) is 3.41. The van der Waals surface area contributed by atoms with Crippen LogP contribution in [0.25, 0.3) is 11.1 Å².